The van der Waals surface area contributed by atoms with E-state index in [0.29, 0.717) is 6.54 Å². The number of rotatable bonds is 5. The van der Waals surface area contributed by atoms with E-state index in [1.54, 1.807) is 0 Å². The lowest BCUT2D eigenvalue weighted by Gasteiger charge is -2.35. The van der Waals surface area contributed by atoms with Gasteiger partial charge in [-0.3, -0.25) is 4.90 Å². The molecule has 0 atom stereocenters. The Labute approximate surface area is 131 Å². The number of hydrogen-bond donors (Lipinski definition) is 1. The summed E-state index contributed by atoms with van der Waals surface area (Å²) in [5, 5.41) is 0. The van der Waals surface area contributed by atoms with E-state index in [4.69, 9.17) is 5.73 Å². The Morgan fingerprint density at radius 2 is 1.80 bits per heavy atom. The van der Waals surface area contributed by atoms with Crippen LogP contribution in [0.3, 0.4) is 0 Å². The molecule has 0 aromatic heterocycles. The lowest BCUT2D eigenvalue weighted by atomic mass is 10.1. The Balaban J connectivity index is 1.86. The molecule has 0 aliphatic carbocycles. The molecule has 112 valence electrons. The van der Waals surface area contributed by atoms with Crippen LogP contribution in [0.15, 0.2) is 22.7 Å². The minimum Gasteiger partial charge on any atom is -0.326 e. The lowest BCUT2D eigenvalue weighted by Crippen LogP contribution is -2.46. The van der Waals surface area contributed by atoms with Gasteiger partial charge in [-0.2, -0.15) is 0 Å². The van der Waals surface area contributed by atoms with E-state index in [1.165, 1.54) is 35.2 Å². The van der Waals surface area contributed by atoms with Crippen molar-refractivity contribution < 1.29 is 0 Å². The first-order valence-electron chi connectivity index (χ1n) is 7.50. The van der Waals surface area contributed by atoms with Gasteiger partial charge in [-0.05, 0) is 23.1 Å². The second-order valence-corrected chi connectivity index (χ2v) is 6.95. The van der Waals surface area contributed by atoms with Crippen LogP contribution in [0, 0.1) is 5.92 Å². The van der Waals surface area contributed by atoms with E-state index in [-0.39, 0.29) is 0 Å². The highest BCUT2D eigenvalue weighted by atomic mass is 79.9. The summed E-state index contributed by atoms with van der Waals surface area (Å²) in [6.07, 6.45) is 0. The number of nitrogens with zero attached hydrogens (tertiary/aromatic N) is 2. The Morgan fingerprint density at radius 3 is 2.35 bits per heavy atom. The van der Waals surface area contributed by atoms with Gasteiger partial charge < -0.3 is 10.6 Å². The third-order valence-corrected chi connectivity index (χ3v) is 4.57. The van der Waals surface area contributed by atoms with Crippen LogP contribution in [0.4, 0.5) is 0 Å². The predicted molar refractivity (Wildman–Crippen MR) is 88.6 cm³/mol. The zero-order chi connectivity index (χ0) is 14.5. The van der Waals surface area contributed by atoms with Crippen molar-refractivity contribution in [2.45, 2.75) is 26.9 Å². The third-order valence-electron chi connectivity index (χ3n) is 3.84. The monoisotopic (exact) mass is 339 g/mol. The SMILES string of the molecule is CC(C)CN1CCN(Cc2ccc(CN)cc2Br)CC1. The molecule has 0 radical (unpaired) electrons. The molecule has 1 aliphatic rings. The first-order chi connectivity index (χ1) is 9.58. The van der Waals surface area contributed by atoms with Crippen LogP contribution in [0.2, 0.25) is 0 Å². The fraction of sp³-hybridized carbons (Fsp3) is 0.625. The summed E-state index contributed by atoms with van der Waals surface area (Å²) in [4.78, 5) is 5.12. The third kappa shape index (κ3) is 4.55. The summed E-state index contributed by atoms with van der Waals surface area (Å²) in [6, 6.07) is 6.48. The highest BCUT2D eigenvalue weighted by molar-refractivity contribution is 9.10. The van der Waals surface area contributed by atoms with Crippen LogP contribution < -0.4 is 5.73 Å². The minimum absolute atomic E-state index is 0.604. The average molecular weight is 340 g/mol. The summed E-state index contributed by atoms with van der Waals surface area (Å²) in [7, 11) is 0. The number of nitrogens with two attached hydrogens (primary N) is 1. The highest BCUT2D eigenvalue weighted by Crippen LogP contribution is 2.21. The van der Waals surface area contributed by atoms with Gasteiger partial charge in [0.05, 0.1) is 0 Å². The van der Waals surface area contributed by atoms with Crippen molar-refractivity contribution in [3.05, 3.63) is 33.8 Å². The molecular formula is C16H26BrN3. The Kier molecular flexibility index (Phi) is 6.02. The number of hydrogen-bond acceptors (Lipinski definition) is 3. The number of benzene rings is 1. The largest absolute Gasteiger partial charge is 0.326 e. The standard InChI is InChI=1S/C16H26BrN3/c1-13(2)11-19-5-7-20(8-6-19)12-15-4-3-14(10-18)9-16(15)17/h3-4,9,13H,5-8,10-12,18H2,1-2H3. The van der Waals surface area contributed by atoms with Crippen LogP contribution in [0.25, 0.3) is 0 Å². The van der Waals surface area contributed by atoms with Gasteiger partial charge in [-0.15, -0.1) is 0 Å². The molecule has 0 unspecified atom stereocenters. The molecule has 3 nitrogen and oxygen atoms in total. The molecule has 1 saturated heterocycles. The molecule has 1 aromatic carbocycles. The number of piperazine rings is 1. The predicted octanol–water partition coefficient (Wildman–Crippen LogP) is 2.68. The van der Waals surface area contributed by atoms with Crippen LogP contribution in [-0.2, 0) is 13.1 Å². The van der Waals surface area contributed by atoms with Crippen molar-refractivity contribution in [1.82, 2.24) is 9.80 Å². The molecule has 1 aliphatic heterocycles. The maximum absolute atomic E-state index is 5.67. The Bertz CT molecular complexity index is 426. The molecule has 20 heavy (non-hydrogen) atoms. The quantitative estimate of drug-likeness (QED) is 0.895. The minimum atomic E-state index is 0.604. The van der Waals surface area contributed by atoms with Crippen molar-refractivity contribution in [2.75, 3.05) is 32.7 Å². The lowest BCUT2D eigenvalue weighted by molar-refractivity contribution is 0.117. The van der Waals surface area contributed by atoms with Gasteiger partial charge in [-0.1, -0.05) is 41.9 Å². The first-order valence-corrected chi connectivity index (χ1v) is 8.30. The highest BCUT2D eigenvalue weighted by Gasteiger charge is 2.18. The van der Waals surface area contributed by atoms with Gasteiger partial charge in [-0.25, -0.2) is 0 Å². The molecule has 0 bridgehead atoms. The van der Waals surface area contributed by atoms with E-state index < -0.39 is 0 Å². The van der Waals surface area contributed by atoms with Gasteiger partial charge in [0.25, 0.3) is 0 Å². The molecule has 1 heterocycles. The first kappa shape index (κ1) is 16.0. The summed E-state index contributed by atoms with van der Waals surface area (Å²) in [5.41, 5.74) is 8.21. The van der Waals surface area contributed by atoms with Crippen LogP contribution >= 0.6 is 15.9 Å². The normalized spacial score (nSPS) is 17.9. The fourth-order valence-electron chi connectivity index (χ4n) is 2.73. The van der Waals surface area contributed by atoms with E-state index in [1.807, 2.05) is 0 Å². The van der Waals surface area contributed by atoms with E-state index in [9.17, 15) is 0 Å². The summed E-state index contributed by atoms with van der Waals surface area (Å²) in [5.74, 6) is 0.763. The van der Waals surface area contributed by atoms with Crippen molar-refractivity contribution in [2.24, 2.45) is 11.7 Å². The summed E-state index contributed by atoms with van der Waals surface area (Å²) < 4.78 is 1.19. The van der Waals surface area contributed by atoms with Crippen LogP contribution in [-0.4, -0.2) is 42.5 Å². The zero-order valence-electron chi connectivity index (χ0n) is 12.6. The molecule has 1 fully saturated rings. The second-order valence-electron chi connectivity index (χ2n) is 6.10. The molecule has 0 saturated carbocycles. The van der Waals surface area contributed by atoms with Crippen molar-refractivity contribution in [3.63, 3.8) is 0 Å². The van der Waals surface area contributed by atoms with Gasteiger partial charge in [0, 0.05) is 50.3 Å². The van der Waals surface area contributed by atoms with E-state index >= 15 is 0 Å². The Morgan fingerprint density at radius 1 is 1.15 bits per heavy atom. The van der Waals surface area contributed by atoms with Crippen molar-refractivity contribution >= 4 is 15.9 Å². The van der Waals surface area contributed by atoms with Crippen LogP contribution in [0.5, 0.6) is 0 Å². The number of halogens is 1. The molecule has 1 aromatic rings. The molecule has 2 N–H and O–H groups in total. The molecule has 0 spiro atoms. The Hall–Kier alpha value is -0.420. The molecular weight excluding hydrogens is 314 g/mol. The smallest absolute Gasteiger partial charge is 0.0246 e. The van der Waals surface area contributed by atoms with Gasteiger partial charge >= 0.3 is 0 Å². The van der Waals surface area contributed by atoms with Crippen LogP contribution in [0.1, 0.15) is 25.0 Å². The van der Waals surface area contributed by atoms with Crippen molar-refractivity contribution in [3.8, 4) is 0 Å². The molecule has 2 rings (SSSR count). The van der Waals surface area contributed by atoms with Crippen molar-refractivity contribution in [1.29, 1.82) is 0 Å². The topological polar surface area (TPSA) is 32.5 Å². The zero-order valence-corrected chi connectivity index (χ0v) is 14.2. The van der Waals surface area contributed by atoms with E-state index in [2.05, 4.69) is 57.8 Å². The van der Waals surface area contributed by atoms with Gasteiger partial charge in [0.1, 0.15) is 0 Å². The average Bonchev–Trinajstić information content (AvgIpc) is 2.42. The summed E-state index contributed by atoms with van der Waals surface area (Å²) in [6.45, 7) is 12.2. The van der Waals surface area contributed by atoms with E-state index in [0.717, 1.165) is 25.6 Å². The second kappa shape index (κ2) is 7.55. The molecule has 4 heteroatoms. The fourth-order valence-corrected chi connectivity index (χ4v) is 3.28. The summed E-state index contributed by atoms with van der Waals surface area (Å²) >= 11 is 3.67. The van der Waals surface area contributed by atoms with Gasteiger partial charge in [0.15, 0.2) is 0 Å². The molecule has 0 amide bonds. The van der Waals surface area contributed by atoms with Gasteiger partial charge in [0.2, 0.25) is 0 Å². The maximum Gasteiger partial charge on any atom is 0.0246 e. The maximum atomic E-state index is 5.67.